The summed E-state index contributed by atoms with van der Waals surface area (Å²) in [5.41, 5.74) is 5.15. The predicted octanol–water partition coefficient (Wildman–Crippen LogP) is 0.567. The third-order valence-electron chi connectivity index (χ3n) is 1.41. The average Bonchev–Trinajstić information content (AvgIpc) is 2.52. The summed E-state index contributed by atoms with van der Waals surface area (Å²) < 4.78 is 9.94. The lowest BCUT2D eigenvalue weighted by Crippen LogP contribution is -2.12. The summed E-state index contributed by atoms with van der Waals surface area (Å²) in [6, 6.07) is 3.30. The van der Waals surface area contributed by atoms with E-state index in [1.54, 1.807) is 19.2 Å². The van der Waals surface area contributed by atoms with Gasteiger partial charge < -0.3 is 14.9 Å². The Morgan fingerprint density at radius 2 is 2.42 bits per heavy atom. The second-order valence-corrected chi connectivity index (χ2v) is 2.33. The molecule has 4 nitrogen and oxygen atoms in total. The van der Waals surface area contributed by atoms with E-state index in [1.807, 2.05) is 0 Å². The Kier molecular flexibility index (Phi) is 3.01. The normalized spacial score (nSPS) is 10.2. The van der Waals surface area contributed by atoms with Crippen molar-refractivity contribution in [2.45, 2.75) is 6.61 Å². The fourth-order valence-electron chi connectivity index (χ4n) is 0.848. The second-order valence-electron chi connectivity index (χ2n) is 2.33. The van der Waals surface area contributed by atoms with Gasteiger partial charge in [0.2, 0.25) is 5.78 Å². The molecule has 0 aliphatic heterocycles. The predicted molar refractivity (Wildman–Crippen MR) is 42.8 cm³/mol. The molecule has 0 spiro atoms. The van der Waals surface area contributed by atoms with E-state index < -0.39 is 0 Å². The highest BCUT2D eigenvalue weighted by Crippen LogP contribution is 2.08. The molecule has 12 heavy (non-hydrogen) atoms. The molecule has 0 aliphatic rings. The van der Waals surface area contributed by atoms with Gasteiger partial charge in [-0.15, -0.1) is 0 Å². The van der Waals surface area contributed by atoms with Crippen LogP contribution in [0.2, 0.25) is 0 Å². The number of nitrogens with two attached hydrogens (primary N) is 1. The van der Waals surface area contributed by atoms with Gasteiger partial charge in [-0.3, -0.25) is 4.79 Å². The summed E-state index contributed by atoms with van der Waals surface area (Å²) in [6.45, 7) is 0.345. The highest BCUT2D eigenvalue weighted by atomic mass is 16.5. The van der Waals surface area contributed by atoms with Crippen molar-refractivity contribution in [3.05, 3.63) is 23.7 Å². The maximum Gasteiger partial charge on any atom is 0.211 e. The third-order valence-corrected chi connectivity index (χ3v) is 1.41. The van der Waals surface area contributed by atoms with E-state index in [-0.39, 0.29) is 12.3 Å². The van der Waals surface area contributed by atoms with Gasteiger partial charge in [-0.05, 0) is 12.1 Å². The Morgan fingerprint density at radius 1 is 1.67 bits per heavy atom. The van der Waals surface area contributed by atoms with Crippen LogP contribution >= 0.6 is 0 Å². The van der Waals surface area contributed by atoms with Crippen molar-refractivity contribution in [1.29, 1.82) is 0 Å². The molecule has 4 heteroatoms. The minimum absolute atomic E-state index is 0.0278. The van der Waals surface area contributed by atoms with Gasteiger partial charge in [0.1, 0.15) is 12.4 Å². The van der Waals surface area contributed by atoms with Crippen LogP contribution in [0.3, 0.4) is 0 Å². The molecule has 0 radical (unpaired) electrons. The number of hydrogen-bond donors (Lipinski definition) is 1. The van der Waals surface area contributed by atoms with Crippen LogP contribution in [0, 0.1) is 0 Å². The standard InChI is InChI=1S/C8H11NO3/c1-11-5-6-2-3-8(12-6)7(10)4-9/h2-3H,4-5,9H2,1H3. The Morgan fingerprint density at radius 3 is 3.00 bits per heavy atom. The Hall–Kier alpha value is -1.13. The van der Waals surface area contributed by atoms with Crippen molar-refractivity contribution in [3.8, 4) is 0 Å². The zero-order valence-corrected chi connectivity index (χ0v) is 6.87. The highest BCUT2D eigenvalue weighted by Gasteiger charge is 2.08. The summed E-state index contributed by atoms with van der Waals surface area (Å²) in [4.78, 5) is 11.0. The van der Waals surface area contributed by atoms with Crippen LogP contribution in [0.25, 0.3) is 0 Å². The van der Waals surface area contributed by atoms with E-state index in [4.69, 9.17) is 14.9 Å². The first-order valence-electron chi connectivity index (χ1n) is 3.59. The third kappa shape index (κ3) is 1.93. The fourth-order valence-corrected chi connectivity index (χ4v) is 0.848. The molecule has 0 amide bonds. The first-order valence-corrected chi connectivity index (χ1v) is 3.59. The molecule has 1 heterocycles. The van der Waals surface area contributed by atoms with Gasteiger partial charge >= 0.3 is 0 Å². The molecule has 66 valence electrons. The summed E-state index contributed by atoms with van der Waals surface area (Å²) in [6.07, 6.45) is 0. The van der Waals surface area contributed by atoms with Crippen molar-refractivity contribution >= 4 is 5.78 Å². The largest absolute Gasteiger partial charge is 0.455 e. The number of Topliss-reactive ketones (excluding diaryl/α,β-unsaturated/α-hetero) is 1. The van der Waals surface area contributed by atoms with Gasteiger partial charge in [0.25, 0.3) is 0 Å². The van der Waals surface area contributed by atoms with Crippen LogP contribution in [0.15, 0.2) is 16.5 Å². The van der Waals surface area contributed by atoms with Crippen molar-refractivity contribution < 1.29 is 13.9 Å². The van der Waals surface area contributed by atoms with Crippen LogP contribution in [0.4, 0.5) is 0 Å². The first kappa shape index (κ1) is 8.96. The van der Waals surface area contributed by atoms with Crippen molar-refractivity contribution in [2.75, 3.05) is 13.7 Å². The molecule has 2 N–H and O–H groups in total. The van der Waals surface area contributed by atoms with Gasteiger partial charge in [-0.1, -0.05) is 0 Å². The van der Waals surface area contributed by atoms with Crippen molar-refractivity contribution in [2.24, 2.45) is 5.73 Å². The van der Waals surface area contributed by atoms with Crippen molar-refractivity contribution in [3.63, 3.8) is 0 Å². The molecular formula is C8H11NO3. The van der Waals surface area contributed by atoms with Gasteiger partial charge in [-0.25, -0.2) is 0 Å². The van der Waals surface area contributed by atoms with Crippen molar-refractivity contribution in [1.82, 2.24) is 0 Å². The number of ether oxygens (including phenoxy) is 1. The lowest BCUT2D eigenvalue weighted by atomic mass is 10.3. The quantitative estimate of drug-likeness (QED) is 0.669. The zero-order valence-electron chi connectivity index (χ0n) is 6.87. The summed E-state index contributed by atoms with van der Waals surface area (Å²) in [7, 11) is 1.56. The van der Waals surface area contributed by atoms with E-state index in [0.717, 1.165) is 0 Å². The van der Waals surface area contributed by atoms with Crippen LogP contribution in [0.5, 0.6) is 0 Å². The van der Waals surface area contributed by atoms with Gasteiger partial charge in [0.15, 0.2) is 5.76 Å². The maximum atomic E-state index is 11.0. The molecule has 0 aromatic carbocycles. The van der Waals surface area contributed by atoms with E-state index in [2.05, 4.69) is 0 Å². The Balaban J connectivity index is 2.70. The molecule has 1 aromatic rings. The number of furan rings is 1. The number of hydrogen-bond acceptors (Lipinski definition) is 4. The second kappa shape index (κ2) is 4.04. The van der Waals surface area contributed by atoms with Gasteiger partial charge in [0, 0.05) is 7.11 Å². The maximum absolute atomic E-state index is 11.0. The summed E-state index contributed by atoms with van der Waals surface area (Å²) in [5.74, 6) is 0.733. The molecule has 0 saturated heterocycles. The Bertz CT molecular complexity index is 267. The molecule has 0 saturated carbocycles. The zero-order chi connectivity index (χ0) is 8.97. The van der Waals surface area contributed by atoms with E-state index in [9.17, 15) is 4.79 Å². The molecule has 1 aromatic heterocycles. The number of rotatable bonds is 4. The molecule has 0 unspecified atom stereocenters. The van der Waals surface area contributed by atoms with E-state index in [0.29, 0.717) is 18.1 Å². The van der Waals surface area contributed by atoms with Crippen LogP contribution in [-0.2, 0) is 11.3 Å². The lowest BCUT2D eigenvalue weighted by Gasteiger charge is -1.93. The molecule has 0 bridgehead atoms. The van der Waals surface area contributed by atoms with E-state index in [1.165, 1.54) is 0 Å². The monoisotopic (exact) mass is 169 g/mol. The van der Waals surface area contributed by atoms with E-state index >= 15 is 0 Å². The molecule has 0 aliphatic carbocycles. The van der Waals surface area contributed by atoms with Crippen LogP contribution in [0.1, 0.15) is 16.3 Å². The Labute approximate surface area is 70.3 Å². The lowest BCUT2D eigenvalue weighted by molar-refractivity contribution is 0.0966. The highest BCUT2D eigenvalue weighted by molar-refractivity contribution is 5.94. The smallest absolute Gasteiger partial charge is 0.211 e. The molecular weight excluding hydrogens is 158 g/mol. The topological polar surface area (TPSA) is 65.5 Å². The molecule has 1 rings (SSSR count). The number of methoxy groups -OCH3 is 1. The SMILES string of the molecule is COCc1ccc(C(=O)CN)o1. The van der Waals surface area contributed by atoms with Crippen LogP contribution < -0.4 is 5.73 Å². The molecule has 0 atom stereocenters. The number of carbonyl (C=O) groups is 1. The molecule has 0 fully saturated rings. The summed E-state index contributed by atoms with van der Waals surface area (Å²) >= 11 is 0. The first-order chi connectivity index (χ1) is 5.77. The number of carbonyl (C=O) groups excluding carboxylic acids is 1. The average molecular weight is 169 g/mol. The van der Waals surface area contributed by atoms with Gasteiger partial charge in [0.05, 0.1) is 6.54 Å². The van der Waals surface area contributed by atoms with Gasteiger partial charge in [-0.2, -0.15) is 0 Å². The minimum Gasteiger partial charge on any atom is -0.455 e. The summed E-state index contributed by atoms with van der Waals surface area (Å²) in [5, 5.41) is 0. The fraction of sp³-hybridized carbons (Fsp3) is 0.375. The minimum atomic E-state index is -0.197. The van der Waals surface area contributed by atoms with Crippen LogP contribution in [-0.4, -0.2) is 19.4 Å². The number of ketones is 1.